The molecule has 4 nitrogen and oxygen atoms in total. The Hall–Kier alpha value is -1.26. The minimum Gasteiger partial charge on any atom is -0.481 e. The smallest absolute Gasteiger partial charge is 0.311 e. The first-order valence-corrected chi connectivity index (χ1v) is 6.34. The van der Waals surface area contributed by atoms with Gasteiger partial charge in [0.05, 0.1) is 10.8 Å². The van der Waals surface area contributed by atoms with Gasteiger partial charge in [-0.2, -0.15) is 0 Å². The molecular formula is C13H12Cl2O4. The Morgan fingerprint density at radius 1 is 1.00 bits per heavy atom. The van der Waals surface area contributed by atoms with Gasteiger partial charge in [-0.15, -0.1) is 0 Å². The second-order valence-corrected chi connectivity index (χ2v) is 6.02. The van der Waals surface area contributed by atoms with Crippen LogP contribution in [0.15, 0.2) is 18.2 Å². The Balaban J connectivity index is 2.56. The van der Waals surface area contributed by atoms with Crippen LogP contribution in [-0.2, 0) is 9.59 Å². The van der Waals surface area contributed by atoms with E-state index in [0.717, 1.165) is 0 Å². The predicted octanol–water partition coefficient (Wildman–Crippen LogP) is 3.27. The van der Waals surface area contributed by atoms with Crippen LogP contribution in [0.25, 0.3) is 0 Å². The van der Waals surface area contributed by atoms with Crippen molar-refractivity contribution in [1.82, 2.24) is 0 Å². The molecule has 2 N–H and O–H groups in total. The highest BCUT2D eigenvalue weighted by atomic mass is 35.5. The lowest BCUT2D eigenvalue weighted by Crippen LogP contribution is -2.24. The maximum absolute atomic E-state index is 11.4. The molecule has 1 aromatic carbocycles. The molecule has 0 heterocycles. The monoisotopic (exact) mass is 302 g/mol. The zero-order chi connectivity index (χ0) is 14.6. The summed E-state index contributed by atoms with van der Waals surface area (Å²) >= 11 is 11.8. The largest absolute Gasteiger partial charge is 0.481 e. The first-order chi connectivity index (χ1) is 8.65. The van der Waals surface area contributed by atoms with E-state index in [1.165, 1.54) is 19.9 Å². The maximum atomic E-state index is 11.4. The summed E-state index contributed by atoms with van der Waals surface area (Å²) in [5.74, 6) is -2.94. The van der Waals surface area contributed by atoms with Crippen molar-refractivity contribution in [2.75, 3.05) is 0 Å². The van der Waals surface area contributed by atoms with Crippen LogP contribution in [0, 0.1) is 10.8 Å². The lowest BCUT2D eigenvalue weighted by atomic mass is 9.97. The summed E-state index contributed by atoms with van der Waals surface area (Å²) in [6, 6.07) is 4.65. The van der Waals surface area contributed by atoms with Crippen molar-refractivity contribution in [2.45, 2.75) is 19.8 Å². The van der Waals surface area contributed by atoms with Crippen LogP contribution in [0.5, 0.6) is 0 Å². The Bertz CT molecular complexity index is 540. The predicted molar refractivity (Wildman–Crippen MR) is 70.7 cm³/mol. The van der Waals surface area contributed by atoms with E-state index < -0.39 is 28.7 Å². The van der Waals surface area contributed by atoms with Gasteiger partial charge >= 0.3 is 11.9 Å². The van der Waals surface area contributed by atoms with Gasteiger partial charge in [0.25, 0.3) is 0 Å². The van der Waals surface area contributed by atoms with Crippen LogP contribution >= 0.6 is 23.2 Å². The number of carboxylic acid groups (broad SMARTS) is 2. The fraction of sp³-hybridized carbons (Fsp3) is 0.385. The molecule has 1 aliphatic rings. The van der Waals surface area contributed by atoms with Crippen molar-refractivity contribution in [2.24, 2.45) is 10.8 Å². The average Bonchev–Trinajstić information content (AvgIpc) is 2.78. The molecule has 0 radical (unpaired) electrons. The van der Waals surface area contributed by atoms with Crippen molar-refractivity contribution in [3.05, 3.63) is 33.8 Å². The number of hydrogen-bond donors (Lipinski definition) is 2. The molecule has 2 atom stereocenters. The van der Waals surface area contributed by atoms with E-state index in [0.29, 0.717) is 15.6 Å². The fourth-order valence-corrected chi connectivity index (χ4v) is 3.44. The van der Waals surface area contributed by atoms with Crippen LogP contribution < -0.4 is 0 Å². The molecule has 1 fully saturated rings. The Morgan fingerprint density at radius 3 is 1.68 bits per heavy atom. The number of rotatable bonds is 3. The summed E-state index contributed by atoms with van der Waals surface area (Å²) in [7, 11) is 0. The van der Waals surface area contributed by atoms with Crippen LogP contribution in [-0.4, -0.2) is 22.2 Å². The van der Waals surface area contributed by atoms with Gasteiger partial charge in [0, 0.05) is 16.0 Å². The molecule has 2 rings (SSSR count). The molecule has 1 saturated carbocycles. The number of benzene rings is 1. The van der Waals surface area contributed by atoms with Gasteiger partial charge in [0.1, 0.15) is 0 Å². The average molecular weight is 303 g/mol. The topological polar surface area (TPSA) is 74.6 Å². The highest BCUT2D eigenvalue weighted by Gasteiger charge is 2.80. The van der Waals surface area contributed by atoms with Gasteiger partial charge in [-0.3, -0.25) is 9.59 Å². The lowest BCUT2D eigenvalue weighted by Gasteiger charge is -2.08. The van der Waals surface area contributed by atoms with Crippen LogP contribution in [0.2, 0.25) is 10.0 Å². The van der Waals surface area contributed by atoms with Gasteiger partial charge in [-0.1, -0.05) is 23.2 Å². The van der Waals surface area contributed by atoms with Crippen molar-refractivity contribution < 1.29 is 19.8 Å². The second-order valence-electron chi connectivity index (χ2n) is 5.15. The van der Waals surface area contributed by atoms with E-state index in [2.05, 4.69) is 0 Å². The van der Waals surface area contributed by atoms with E-state index in [9.17, 15) is 19.8 Å². The molecule has 0 aromatic heterocycles. The molecule has 0 bridgehead atoms. The van der Waals surface area contributed by atoms with E-state index in [1.807, 2.05) is 0 Å². The first-order valence-electron chi connectivity index (χ1n) is 5.58. The van der Waals surface area contributed by atoms with Crippen molar-refractivity contribution in [1.29, 1.82) is 0 Å². The molecule has 2 unspecified atom stereocenters. The molecule has 102 valence electrons. The third-order valence-corrected chi connectivity index (χ3v) is 4.69. The normalized spacial score (nSPS) is 32.9. The molecule has 0 amide bonds. The summed E-state index contributed by atoms with van der Waals surface area (Å²) < 4.78 is 0. The Morgan fingerprint density at radius 2 is 1.37 bits per heavy atom. The zero-order valence-electron chi connectivity index (χ0n) is 10.3. The first kappa shape index (κ1) is 14.2. The molecule has 0 spiro atoms. The van der Waals surface area contributed by atoms with Gasteiger partial charge in [-0.05, 0) is 37.6 Å². The van der Waals surface area contributed by atoms with E-state index in [-0.39, 0.29) is 0 Å². The van der Waals surface area contributed by atoms with Gasteiger partial charge in [-0.25, -0.2) is 0 Å². The molecule has 1 aliphatic carbocycles. The van der Waals surface area contributed by atoms with Gasteiger partial charge in [0.15, 0.2) is 0 Å². The molecule has 6 heteroatoms. The molecule has 19 heavy (non-hydrogen) atoms. The molecular weight excluding hydrogens is 291 g/mol. The van der Waals surface area contributed by atoms with E-state index in [4.69, 9.17) is 23.2 Å². The molecule has 0 saturated heterocycles. The number of hydrogen-bond acceptors (Lipinski definition) is 2. The van der Waals surface area contributed by atoms with Crippen molar-refractivity contribution >= 4 is 35.1 Å². The highest BCUT2D eigenvalue weighted by molar-refractivity contribution is 6.34. The number of halogens is 2. The maximum Gasteiger partial charge on any atom is 0.311 e. The summed E-state index contributed by atoms with van der Waals surface area (Å²) in [6.07, 6.45) is 0. The minimum absolute atomic E-state index is 0.356. The highest BCUT2D eigenvalue weighted by Crippen LogP contribution is 2.74. The second kappa shape index (κ2) is 4.12. The zero-order valence-corrected chi connectivity index (χ0v) is 11.8. The van der Waals surface area contributed by atoms with Crippen LogP contribution in [0.4, 0.5) is 0 Å². The summed E-state index contributed by atoms with van der Waals surface area (Å²) in [4.78, 5) is 22.9. The van der Waals surface area contributed by atoms with Crippen molar-refractivity contribution in [3.8, 4) is 0 Å². The third kappa shape index (κ3) is 1.74. The van der Waals surface area contributed by atoms with Crippen LogP contribution in [0.1, 0.15) is 25.3 Å². The third-order valence-electron chi connectivity index (χ3n) is 4.26. The van der Waals surface area contributed by atoms with E-state index >= 15 is 0 Å². The van der Waals surface area contributed by atoms with Crippen molar-refractivity contribution in [3.63, 3.8) is 0 Å². The number of aliphatic carboxylic acids is 2. The standard InChI is InChI=1S/C13H12Cl2O4/c1-12(10(16)17)9(13(12,2)11(18)19)6-3-7(14)5-8(15)4-6/h3-5,9H,1-2H3,(H,16,17)(H,18,19). The molecule has 0 aliphatic heterocycles. The number of carbonyl (C=O) groups is 2. The molecule has 1 aromatic rings. The number of carboxylic acids is 2. The summed E-state index contributed by atoms with van der Waals surface area (Å²) in [5, 5.41) is 19.4. The van der Waals surface area contributed by atoms with Gasteiger partial charge < -0.3 is 10.2 Å². The van der Waals surface area contributed by atoms with E-state index in [1.54, 1.807) is 12.1 Å². The Kier molecular flexibility index (Phi) is 3.07. The fourth-order valence-electron chi connectivity index (χ4n) is 2.90. The lowest BCUT2D eigenvalue weighted by molar-refractivity contribution is -0.152. The van der Waals surface area contributed by atoms with Crippen LogP contribution in [0.3, 0.4) is 0 Å². The summed E-state index contributed by atoms with van der Waals surface area (Å²) in [5.41, 5.74) is -2.20. The SMILES string of the molecule is CC1(C(=O)O)C(c2cc(Cl)cc(Cl)c2)C1(C)C(=O)O. The Labute approximate surface area is 119 Å². The minimum atomic E-state index is -1.37. The van der Waals surface area contributed by atoms with Gasteiger partial charge in [0.2, 0.25) is 0 Å². The summed E-state index contributed by atoms with van der Waals surface area (Å²) in [6.45, 7) is 2.87. The quantitative estimate of drug-likeness (QED) is 0.898.